The molecule has 0 bridgehead atoms. The third-order valence-electron chi connectivity index (χ3n) is 3.35. The van der Waals surface area contributed by atoms with Gasteiger partial charge in [0.05, 0.1) is 11.1 Å². The van der Waals surface area contributed by atoms with E-state index in [4.69, 9.17) is 0 Å². The highest BCUT2D eigenvalue weighted by atomic mass is 32.2. The minimum absolute atomic E-state index is 0.522. The molecule has 0 saturated heterocycles. The van der Waals surface area contributed by atoms with Crippen LogP contribution in [0.5, 0.6) is 0 Å². The third-order valence-corrected chi connectivity index (χ3v) is 3.89. The van der Waals surface area contributed by atoms with Crippen LogP contribution in [0.15, 0.2) is 5.16 Å². The van der Waals surface area contributed by atoms with Crippen molar-refractivity contribution in [3.8, 4) is 0 Å². The first-order valence-electron chi connectivity index (χ1n) is 5.85. The highest BCUT2D eigenvalue weighted by Gasteiger charge is 2.31. The number of H-pyrrole nitrogens is 1. The molecule has 1 atom stereocenters. The van der Waals surface area contributed by atoms with Gasteiger partial charge in [-0.25, -0.2) is 9.97 Å². The first-order valence-corrected chi connectivity index (χ1v) is 7.08. The summed E-state index contributed by atoms with van der Waals surface area (Å²) in [5, 5.41) is 17.7. The van der Waals surface area contributed by atoms with Crippen LogP contribution in [0.1, 0.15) is 18.0 Å². The lowest BCUT2D eigenvalue weighted by Gasteiger charge is -2.17. The number of aromatic amines is 1. The second-order valence-electron chi connectivity index (χ2n) is 4.47. The fourth-order valence-electron chi connectivity index (χ4n) is 2.35. The summed E-state index contributed by atoms with van der Waals surface area (Å²) in [6, 6.07) is 0. The summed E-state index contributed by atoms with van der Waals surface area (Å²) in [6.45, 7) is 0.638. The molecule has 3 rings (SSSR count). The molecule has 0 fully saturated rings. The Labute approximate surface area is 113 Å². The standard InChI is InChI=1S/C11H13N5O2S/c1-16-4-3-5(10(17)18)7-6-8(15-14-7)12-11(19-2)13-9(6)16/h5H,3-4H2,1-2H3,(H,17,18)(H,12,13,14,15). The maximum Gasteiger partial charge on any atom is 0.312 e. The van der Waals surface area contributed by atoms with Gasteiger partial charge in [0.1, 0.15) is 11.7 Å². The summed E-state index contributed by atoms with van der Waals surface area (Å²) in [4.78, 5) is 22.1. The van der Waals surface area contributed by atoms with E-state index < -0.39 is 11.9 Å². The second-order valence-corrected chi connectivity index (χ2v) is 5.24. The zero-order valence-corrected chi connectivity index (χ0v) is 11.4. The SMILES string of the molecule is CSc1nc2c3c([nH]nc3n1)C(C(=O)O)CCN2C. The van der Waals surface area contributed by atoms with Crippen molar-refractivity contribution >= 4 is 34.6 Å². The smallest absolute Gasteiger partial charge is 0.312 e. The molecule has 2 aromatic rings. The van der Waals surface area contributed by atoms with Gasteiger partial charge in [-0.1, -0.05) is 11.8 Å². The molecule has 1 unspecified atom stereocenters. The Morgan fingerprint density at radius 2 is 2.32 bits per heavy atom. The number of hydrogen-bond donors (Lipinski definition) is 2. The molecule has 19 heavy (non-hydrogen) atoms. The van der Waals surface area contributed by atoms with Crippen molar-refractivity contribution in [3.05, 3.63) is 5.69 Å². The van der Waals surface area contributed by atoms with Gasteiger partial charge in [-0.15, -0.1) is 0 Å². The average Bonchev–Trinajstić information content (AvgIpc) is 2.74. The molecule has 7 nitrogen and oxygen atoms in total. The topological polar surface area (TPSA) is 95.0 Å². The Hall–Kier alpha value is -1.83. The van der Waals surface area contributed by atoms with Crippen molar-refractivity contribution in [2.75, 3.05) is 24.7 Å². The number of carboxylic acid groups (broad SMARTS) is 1. The molecule has 0 aromatic carbocycles. The predicted molar refractivity (Wildman–Crippen MR) is 71.7 cm³/mol. The molecule has 1 aliphatic heterocycles. The number of rotatable bonds is 2. The molecular weight excluding hydrogens is 266 g/mol. The molecule has 8 heteroatoms. The van der Waals surface area contributed by atoms with Gasteiger partial charge < -0.3 is 10.0 Å². The molecule has 0 saturated carbocycles. The number of thioether (sulfide) groups is 1. The summed E-state index contributed by atoms with van der Waals surface area (Å²) in [7, 11) is 1.91. The van der Waals surface area contributed by atoms with E-state index in [0.717, 1.165) is 11.2 Å². The Kier molecular flexibility index (Phi) is 2.81. The van der Waals surface area contributed by atoms with Crippen molar-refractivity contribution in [2.24, 2.45) is 0 Å². The van der Waals surface area contributed by atoms with Crippen LogP contribution in [-0.4, -0.2) is 51.1 Å². The van der Waals surface area contributed by atoms with Gasteiger partial charge >= 0.3 is 5.97 Å². The van der Waals surface area contributed by atoms with E-state index in [1.165, 1.54) is 11.8 Å². The van der Waals surface area contributed by atoms with Crippen LogP contribution in [0.25, 0.3) is 11.0 Å². The number of nitrogens with zero attached hydrogens (tertiary/aromatic N) is 4. The van der Waals surface area contributed by atoms with Gasteiger partial charge in [0.15, 0.2) is 10.8 Å². The van der Waals surface area contributed by atoms with Crippen LogP contribution in [0.2, 0.25) is 0 Å². The van der Waals surface area contributed by atoms with Crippen LogP contribution >= 0.6 is 11.8 Å². The van der Waals surface area contributed by atoms with Crippen molar-refractivity contribution in [2.45, 2.75) is 17.5 Å². The lowest BCUT2D eigenvalue weighted by Crippen LogP contribution is -2.21. The average molecular weight is 279 g/mol. The first-order chi connectivity index (χ1) is 9.11. The van der Waals surface area contributed by atoms with E-state index >= 15 is 0 Å². The van der Waals surface area contributed by atoms with E-state index in [2.05, 4.69) is 20.2 Å². The lowest BCUT2D eigenvalue weighted by atomic mass is 10.0. The minimum atomic E-state index is -0.847. The van der Waals surface area contributed by atoms with Gasteiger partial charge in [0, 0.05) is 13.6 Å². The number of anilines is 1. The maximum atomic E-state index is 11.4. The van der Waals surface area contributed by atoms with Gasteiger partial charge in [-0.2, -0.15) is 5.10 Å². The Balaban J connectivity index is 2.30. The van der Waals surface area contributed by atoms with Gasteiger partial charge in [0.25, 0.3) is 0 Å². The van der Waals surface area contributed by atoms with Gasteiger partial charge in [-0.05, 0) is 12.7 Å². The fraction of sp³-hybridized carbons (Fsp3) is 0.455. The molecule has 100 valence electrons. The number of nitrogens with one attached hydrogen (secondary N) is 1. The number of carbonyl (C=O) groups is 1. The fourth-order valence-corrected chi connectivity index (χ4v) is 2.70. The monoisotopic (exact) mass is 279 g/mol. The Morgan fingerprint density at radius 1 is 1.53 bits per heavy atom. The van der Waals surface area contributed by atoms with E-state index in [-0.39, 0.29) is 0 Å². The summed E-state index contributed by atoms with van der Waals surface area (Å²) in [5.74, 6) is -0.681. The van der Waals surface area contributed by atoms with E-state index in [1.54, 1.807) is 0 Å². The Bertz CT molecular complexity index is 656. The van der Waals surface area contributed by atoms with Crippen LogP contribution < -0.4 is 4.90 Å². The minimum Gasteiger partial charge on any atom is -0.481 e. The molecule has 2 aromatic heterocycles. The highest BCUT2D eigenvalue weighted by Crippen LogP contribution is 2.35. The van der Waals surface area contributed by atoms with E-state index in [1.807, 2.05) is 18.2 Å². The van der Waals surface area contributed by atoms with Gasteiger partial charge in [-0.3, -0.25) is 9.89 Å². The molecular formula is C11H13N5O2S. The molecule has 0 aliphatic carbocycles. The summed E-state index contributed by atoms with van der Waals surface area (Å²) in [5.41, 5.74) is 1.14. The van der Waals surface area contributed by atoms with E-state index in [0.29, 0.717) is 29.5 Å². The normalized spacial score (nSPS) is 18.6. The van der Waals surface area contributed by atoms with Gasteiger partial charge in [0.2, 0.25) is 0 Å². The Morgan fingerprint density at radius 3 is 3.00 bits per heavy atom. The van der Waals surface area contributed by atoms with Crippen LogP contribution in [0.3, 0.4) is 0 Å². The predicted octanol–water partition coefficient (Wildman–Crippen LogP) is 1.08. The number of aromatic nitrogens is 4. The first kappa shape index (κ1) is 12.2. The summed E-state index contributed by atoms with van der Waals surface area (Å²) < 4.78 is 0. The molecule has 1 aliphatic rings. The molecule has 2 N–H and O–H groups in total. The highest BCUT2D eigenvalue weighted by molar-refractivity contribution is 7.98. The molecule has 3 heterocycles. The summed E-state index contributed by atoms with van der Waals surface area (Å²) in [6.07, 6.45) is 2.42. The maximum absolute atomic E-state index is 11.4. The van der Waals surface area contributed by atoms with Crippen molar-refractivity contribution in [3.63, 3.8) is 0 Å². The van der Waals surface area contributed by atoms with Crippen LogP contribution in [0, 0.1) is 0 Å². The molecule has 0 radical (unpaired) electrons. The third kappa shape index (κ3) is 1.83. The zero-order chi connectivity index (χ0) is 13.6. The number of hydrogen-bond acceptors (Lipinski definition) is 6. The van der Waals surface area contributed by atoms with E-state index in [9.17, 15) is 9.90 Å². The number of carboxylic acids is 1. The van der Waals surface area contributed by atoms with Crippen molar-refractivity contribution in [1.82, 2.24) is 20.2 Å². The van der Waals surface area contributed by atoms with Crippen LogP contribution in [0.4, 0.5) is 5.82 Å². The van der Waals surface area contributed by atoms with Crippen molar-refractivity contribution in [1.29, 1.82) is 0 Å². The van der Waals surface area contributed by atoms with Crippen molar-refractivity contribution < 1.29 is 9.90 Å². The largest absolute Gasteiger partial charge is 0.481 e. The molecule has 0 amide bonds. The second kappa shape index (κ2) is 4.37. The summed E-state index contributed by atoms with van der Waals surface area (Å²) >= 11 is 1.44. The quantitative estimate of drug-likeness (QED) is 0.627. The van der Waals surface area contributed by atoms with Crippen LogP contribution in [-0.2, 0) is 4.79 Å². The zero-order valence-electron chi connectivity index (χ0n) is 10.5. The lowest BCUT2D eigenvalue weighted by molar-refractivity contribution is -0.138. The number of aliphatic carboxylic acids is 1. The molecule has 0 spiro atoms.